The standard InChI is InChI=1S/C14H17FN2O3S/c1-5-21(19,20)17(13(18)14(2,3)4)12-7-6-11(15)8-10(12)9-16/h6-8H,5H2,1-4H3. The Kier molecular flexibility index (Phi) is 4.74. The molecular formula is C14H17FN2O3S. The first kappa shape index (κ1) is 17.1. The maximum atomic E-state index is 13.2. The van der Waals surface area contributed by atoms with Crippen molar-refractivity contribution in [3.8, 4) is 6.07 Å². The summed E-state index contributed by atoms with van der Waals surface area (Å²) in [7, 11) is -3.93. The number of amides is 1. The van der Waals surface area contributed by atoms with Gasteiger partial charge in [-0.3, -0.25) is 4.79 Å². The van der Waals surface area contributed by atoms with E-state index in [1.54, 1.807) is 26.8 Å². The zero-order valence-corrected chi connectivity index (χ0v) is 13.2. The van der Waals surface area contributed by atoms with Crippen molar-refractivity contribution in [2.45, 2.75) is 27.7 Å². The SMILES string of the molecule is CCS(=O)(=O)N(C(=O)C(C)(C)C)c1ccc(F)cc1C#N. The number of nitrogens with zero attached hydrogens (tertiary/aromatic N) is 2. The number of hydrogen-bond acceptors (Lipinski definition) is 4. The molecule has 0 saturated carbocycles. The van der Waals surface area contributed by atoms with E-state index < -0.39 is 27.2 Å². The third-order valence-corrected chi connectivity index (χ3v) is 4.42. The number of carbonyl (C=O) groups excluding carboxylic acids is 1. The van der Waals surface area contributed by atoms with Crippen molar-refractivity contribution in [3.63, 3.8) is 0 Å². The van der Waals surface area contributed by atoms with Crippen LogP contribution in [-0.2, 0) is 14.8 Å². The number of benzene rings is 1. The van der Waals surface area contributed by atoms with Crippen LogP contribution in [0.25, 0.3) is 0 Å². The summed E-state index contributed by atoms with van der Waals surface area (Å²) in [4.78, 5) is 12.5. The van der Waals surface area contributed by atoms with Gasteiger partial charge in [0.15, 0.2) is 0 Å². The van der Waals surface area contributed by atoms with Crippen molar-refractivity contribution in [1.29, 1.82) is 5.26 Å². The first-order chi connectivity index (χ1) is 9.54. The van der Waals surface area contributed by atoms with Gasteiger partial charge in [0.1, 0.15) is 11.9 Å². The molecule has 5 nitrogen and oxygen atoms in total. The Morgan fingerprint density at radius 2 is 1.95 bits per heavy atom. The number of rotatable bonds is 3. The minimum Gasteiger partial charge on any atom is -0.273 e. The molecule has 1 amide bonds. The summed E-state index contributed by atoms with van der Waals surface area (Å²) in [6.45, 7) is 6.11. The zero-order valence-electron chi connectivity index (χ0n) is 12.3. The zero-order chi connectivity index (χ0) is 16.4. The van der Waals surface area contributed by atoms with Crippen LogP contribution in [0.2, 0.25) is 0 Å². The molecule has 1 aromatic carbocycles. The predicted molar refractivity (Wildman–Crippen MR) is 77.5 cm³/mol. The third kappa shape index (κ3) is 3.58. The van der Waals surface area contributed by atoms with Gasteiger partial charge in [-0.25, -0.2) is 17.1 Å². The lowest BCUT2D eigenvalue weighted by Gasteiger charge is -2.29. The van der Waals surface area contributed by atoms with E-state index in [1.165, 1.54) is 6.92 Å². The van der Waals surface area contributed by atoms with Gasteiger partial charge in [0.25, 0.3) is 0 Å². The van der Waals surface area contributed by atoms with Crippen LogP contribution >= 0.6 is 0 Å². The van der Waals surface area contributed by atoms with Crippen molar-refractivity contribution >= 4 is 21.6 Å². The van der Waals surface area contributed by atoms with E-state index in [1.807, 2.05) is 0 Å². The molecule has 0 aromatic heterocycles. The van der Waals surface area contributed by atoms with Crippen molar-refractivity contribution < 1.29 is 17.6 Å². The number of hydrogen-bond donors (Lipinski definition) is 0. The Morgan fingerprint density at radius 3 is 2.38 bits per heavy atom. The second-order valence-corrected chi connectivity index (χ2v) is 7.60. The van der Waals surface area contributed by atoms with Crippen LogP contribution in [0, 0.1) is 22.6 Å². The summed E-state index contributed by atoms with van der Waals surface area (Å²) < 4.78 is 38.3. The van der Waals surface area contributed by atoms with Crippen LogP contribution in [-0.4, -0.2) is 20.1 Å². The van der Waals surface area contributed by atoms with E-state index in [9.17, 15) is 17.6 Å². The molecule has 0 fully saturated rings. The van der Waals surface area contributed by atoms with Crippen LogP contribution in [0.3, 0.4) is 0 Å². The first-order valence-corrected chi connectivity index (χ1v) is 7.92. The molecule has 0 unspecified atom stereocenters. The summed E-state index contributed by atoms with van der Waals surface area (Å²) in [5, 5.41) is 9.07. The normalized spacial score (nSPS) is 11.8. The molecule has 1 aromatic rings. The van der Waals surface area contributed by atoms with Gasteiger partial charge in [-0.1, -0.05) is 20.8 Å². The Balaban J connectivity index is 3.62. The van der Waals surface area contributed by atoms with Gasteiger partial charge in [0.05, 0.1) is 17.0 Å². The average Bonchev–Trinajstić information content (AvgIpc) is 2.39. The van der Waals surface area contributed by atoms with E-state index in [-0.39, 0.29) is 17.0 Å². The lowest BCUT2D eigenvalue weighted by atomic mass is 9.95. The Bertz CT molecular complexity index is 700. The van der Waals surface area contributed by atoms with Crippen molar-refractivity contribution in [2.75, 3.05) is 10.1 Å². The van der Waals surface area contributed by atoms with Gasteiger partial charge in [-0.15, -0.1) is 0 Å². The fourth-order valence-electron chi connectivity index (χ4n) is 1.59. The predicted octanol–water partition coefficient (Wildman–Crippen LogP) is 2.43. The average molecular weight is 312 g/mol. The van der Waals surface area contributed by atoms with Crippen LogP contribution in [0.5, 0.6) is 0 Å². The van der Waals surface area contributed by atoms with E-state index in [2.05, 4.69) is 0 Å². The molecule has 0 saturated heterocycles. The van der Waals surface area contributed by atoms with Crippen molar-refractivity contribution in [2.24, 2.45) is 5.41 Å². The summed E-state index contributed by atoms with van der Waals surface area (Å²) in [5.41, 5.74) is -1.30. The summed E-state index contributed by atoms with van der Waals surface area (Å²) >= 11 is 0. The van der Waals surface area contributed by atoms with Gasteiger partial charge in [0, 0.05) is 5.41 Å². The largest absolute Gasteiger partial charge is 0.273 e. The monoisotopic (exact) mass is 312 g/mol. The molecule has 21 heavy (non-hydrogen) atoms. The topological polar surface area (TPSA) is 78.2 Å². The van der Waals surface area contributed by atoms with Crippen LogP contribution in [0.15, 0.2) is 18.2 Å². The van der Waals surface area contributed by atoms with Crippen molar-refractivity contribution in [3.05, 3.63) is 29.6 Å². The highest BCUT2D eigenvalue weighted by Gasteiger charge is 2.36. The smallest absolute Gasteiger partial charge is 0.246 e. The Hall–Kier alpha value is -1.94. The number of carbonyl (C=O) groups is 1. The molecule has 1 rings (SSSR count). The maximum Gasteiger partial charge on any atom is 0.246 e. The van der Waals surface area contributed by atoms with Gasteiger partial charge in [-0.2, -0.15) is 5.26 Å². The number of halogens is 1. The second kappa shape index (κ2) is 5.82. The molecule has 0 aliphatic heterocycles. The summed E-state index contributed by atoms with van der Waals surface area (Å²) in [5.74, 6) is -1.66. The molecule has 0 aliphatic carbocycles. The van der Waals surface area contributed by atoms with E-state index in [0.717, 1.165) is 18.2 Å². The van der Waals surface area contributed by atoms with Crippen LogP contribution in [0.4, 0.5) is 10.1 Å². The quantitative estimate of drug-likeness (QED) is 0.858. The molecule has 0 radical (unpaired) electrons. The highest BCUT2D eigenvalue weighted by molar-refractivity contribution is 7.93. The molecule has 0 bridgehead atoms. The van der Waals surface area contributed by atoms with Gasteiger partial charge < -0.3 is 0 Å². The molecule has 0 heterocycles. The summed E-state index contributed by atoms with van der Waals surface area (Å²) in [6.07, 6.45) is 0. The molecule has 7 heteroatoms. The van der Waals surface area contributed by atoms with Gasteiger partial charge in [0.2, 0.25) is 15.9 Å². The molecule has 0 spiro atoms. The maximum absolute atomic E-state index is 13.2. The fraction of sp³-hybridized carbons (Fsp3) is 0.429. The third-order valence-electron chi connectivity index (χ3n) is 2.77. The van der Waals surface area contributed by atoms with E-state index in [0.29, 0.717) is 4.31 Å². The second-order valence-electron chi connectivity index (χ2n) is 5.49. The van der Waals surface area contributed by atoms with Crippen molar-refractivity contribution in [1.82, 2.24) is 0 Å². The molecule has 0 aliphatic rings. The minimum atomic E-state index is -3.93. The Labute approximate surface area is 124 Å². The fourth-order valence-corrected chi connectivity index (χ4v) is 2.84. The van der Waals surface area contributed by atoms with Gasteiger partial charge >= 0.3 is 0 Å². The highest BCUT2D eigenvalue weighted by Crippen LogP contribution is 2.29. The lowest BCUT2D eigenvalue weighted by Crippen LogP contribution is -2.44. The molecule has 0 N–H and O–H groups in total. The first-order valence-electron chi connectivity index (χ1n) is 6.31. The van der Waals surface area contributed by atoms with E-state index >= 15 is 0 Å². The van der Waals surface area contributed by atoms with Crippen LogP contribution < -0.4 is 4.31 Å². The van der Waals surface area contributed by atoms with Crippen LogP contribution in [0.1, 0.15) is 33.3 Å². The highest BCUT2D eigenvalue weighted by atomic mass is 32.2. The number of anilines is 1. The summed E-state index contributed by atoms with van der Waals surface area (Å²) in [6, 6.07) is 4.78. The molecule has 114 valence electrons. The number of nitriles is 1. The lowest BCUT2D eigenvalue weighted by molar-refractivity contribution is -0.124. The molecular weight excluding hydrogens is 295 g/mol. The van der Waals surface area contributed by atoms with E-state index in [4.69, 9.17) is 5.26 Å². The minimum absolute atomic E-state index is 0.124. The van der Waals surface area contributed by atoms with Gasteiger partial charge in [-0.05, 0) is 25.1 Å². The number of sulfonamides is 1. The Morgan fingerprint density at radius 1 is 1.38 bits per heavy atom. The molecule has 0 atom stereocenters.